The minimum atomic E-state index is -3.66. The molecular weight excluding hydrogens is 294 g/mol. The number of nitrogens with one attached hydrogen (secondary N) is 1. The van der Waals surface area contributed by atoms with Crippen molar-refractivity contribution in [1.29, 1.82) is 0 Å². The molecule has 118 valence electrons. The van der Waals surface area contributed by atoms with E-state index in [2.05, 4.69) is 5.32 Å². The minimum absolute atomic E-state index is 0.00368. The van der Waals surface area contributed by atoms with Crippen LogP contribution in [0, 0.1) is 0 Å². The molecule has 0 radical (unpaired) electrons. The lowest BCUT2D eigenvalue weighted by Crippen LogP contribution is -2.33. The van der Waals surface area contributed by atoms with E-state index in [4.69, 9.17) is 5.73 Å². The number of rotatable bonds is 6. The molecule has 1 unspecified atom stereocenters. The normalized spacial score (nSPS) is 13.2. The largest absolute Gasteiger partial charge is 0.506 e. The predicted octanol–water partition coefficient (Wildman–Crippen LogP) is 0.708. The maximum absolute atomic E-state index is 12.4. The fraction of sp³-hybridized carbons (Fsp3) is 0.462. The van der Waals surface area contributed by atoms with E-state index in [0.29, 0.717) is 13.1 Å². The fourth-order valence-electron chi connectivity index (χ4n) is 1.73. The number of carbonyl (C=O) groups excluding carboxylic acids is 1. The van der Waals surface area contributed by atoms with Crippen LogP contribution >= 0.6 is 0 Å². The molecule has 1 aromatic carbocycles. The first-order valence-corrected chi connectivity index (χ1v) is 8.07. The molecule has 0 bridgehead atoms. The van der Waals surface area contributed by atoms with Gasteiger partial charge < -0.3 is 16.2 Å². The lowest BCUT2D eigenvalue weighted by molar-refractivity contribution is -0.117. The van der Waals surface area contributed by atoms with Gasteiger partial charge in [0.15, 0.2) is 0 Å². The van der Waals surface area contributed by atoms with Crippen LogP contribution in [0.2, 0.25) is 0 Å². The molecule has 0 saturated carbocycles. The highest BCUT2D eigenvalue weighted by Gasteiger charge is 2.23. The Morgan fingerprint density at radius 1 is 1.38 bits per heavy atom. The summed E-state index contributed by atoms with van der Waals surface area (Å²) in [6.07, 6.45) is 0. The molecule has 1 amide bonds. The molecule has 1 rings (SSSR count). The molecule has 7 nitrogen and oxygen atoms in total. The first kappa shape index (κ1) is 17.4. The number of amides is 1. The number of hydrogen-bond donors (Lipinski definition) is 3. The van der Waals surface area contributed by atoms with Crippen LogP contribution in [0.15, 0.2) is 23.1 Å². The van der Waals surface area contributed by atoms with Crippen LogP contribution in [0.3, 0.4) is 0 Å². The number of benzene rings is 1. The Hall–Kier alpha value is -1.64. The molecule has 21 heavy (non-hydrogen) atoms. The summed E-state index contributed by atoms with van der Waals surface area (Å²) in [5.41, 5.74) is 5.45. The van der Waals surface area contributed by atoms with Gasteiger partial charge in [0.25, 0.3) is 0 Å². The molecule has 0 fully saturated rings. The summed E-state index contributed by atoms with van der Waals surface area (Å²) in [7, 11) is -3.66. The first-order valence-electron chi connectivity index (χ1n) is 6.63. The lowest BCUT2D eigenvalue weighted by atomic mass is 10.2. The highest BCUT2D eigenvalue weighted by Crippen LogP contribution is 2.28. The monoisotopic (exact) mass is 315 g/mol. The van der Waals surface area contributed by atoms with Crippen LogP contribution in [0.4, 0.5) is 5.69 Å². The van der Waals surface area contributed by atoms with Crippen LogP contribution in [-0.4, -0.2) is 42.9 Å². The molecule has 1 aromatic rings. The minimum Gasteiger partial charge on any atom is -0.506 e. The summed E-state index contributed by atoms with van der Waals surface area (Å²) >= 11 is 0. The molecule has 0 saturated heterocycles. The SMILES string of the molecule is CCN(CC)S(=O)(=O)c1ccc(O)c(NC(=O)C(C)N)c1. The molecule has 8 heteroatoms. The molecule has 0 aliphatic heterocycles. The summed E-state index contributed by atoms with van der Waals surface area (Å²) in [4.78, 5) is 11.6. The van der Waals surface area contributed by atoms with Gasteiger partial charge in [-0.15, -0.1) is 0 Å². The van der Waals surface area contributed by atoms with Crippen molar-refractivity contribution in [3.63, 3.8) is 0 Å². The Balaban J connectivity index is 3.21. The van der Waals surface area contributed by atoms with Crippen molar-refractivity contribution in [2.45, 2.75) is 31.7 Å². The average Bonchev–Trinajstić information content (AvgIpc) is 2.41. The van der Waals surface area contributed by atoms with Gasteiger partial charge in [-0.2, -0.15) is 4.31 Å². The van der Waals surface area contributed by atoms with Crippen molar-refractivity contribution in [3.8, 4) is 5.75 Å². The molecule has 0 aromatic heterocycles. The van der Waals surface area contributed by atoms with Crippen LogP contribution in [0.25, 0.3) is 0 Å². The number of sulfonamides is 1. The second kappa shape index (κ2) is 6.88. The Labute approximate surface area is 124 Å². The Kier molecular flexibility index (Phi) is 5.70. The van der Waals surface area contributed by atoms with Gasteiger partial charge in [0.1, 0.15) is 5.75 Å². The number of nitrogens with zero attached hydrogens (tertiary/aromatic N) is 1. The number of anilines is 1. The Bertz CT molecular complexity index is 610. The molecule has 0 spiro atoms. The highest BCUT2D eigenvalue weighted by molar-refractivity contribution is 7.89. The third-order valence-corrected chi connectivity index (χ3v) is 5.03. The van der Waals surface area contributed by atoms with E-state index in [1.807, 2.05) is 0 Å². The molecule has 0 aliphatic carbocycles. The topological polar surface area (TPSA) is 113 Å². The van der Waals surface area contributed by atoms with Gasteiger partial charge in [-0.1, -0.05) is 13.8 Å². The van der Waals surface area contributed by atoms with Gasteiger partial charge >= 0.3 is 0 Å². The van der Waals surface area contributed by atoms with Gasteiger partial charge in [-0.25, -0.2) is 8.42 Å². The van der Waals surface area contributed by atoms with Crippen LogP contribution in [0.1, 0.15) is 20.8 Å². The Morgan fingerprint density at radius 3 is 2.43 bits per heavy atom. The number of nitrogens with two attached hydrogens (primary N) is 1. The quantitative estimate of drug-likeness (QED) is 0.669. The van der Waals surface area contributed by atoms with Crippen molar-refractivity contribution in [2.75, 3.05) is 18.4 Å². The van der Waals surface area contributed by atoms with Crippen molar-refractivity contribution in [2.24, 2.45) is 5.73 Å². The summed E-state index contributed by atoms with van der Waals surface area (Å²) in [6.45, 7) is 5.63. The van der Waals surface area contributed by atoms with E-state index in [-0.39, 0.29) is 16.3 Å². The first-order chi connectivity index (χ1) is 9.73. The van der Waals surface area contributed by atoms with Crippen molar-refractivity contribution >= 4 is 21.6 Å². The zero-order valence-electron chi connectivity index (χ0n) is 12.3. The van der Waals surface area contributed by atoms with Crippen LogP contribution < -0.4 is 11.1 Å². The van der Waals surface area contributed by atoms with E-state index >= 15 is 0 Å². The summed E-state index contributed by atoms with van der Waals surface area (Å²) in [6, 6.07) is 2.98. The molecule has 1 atom stereocenters. The number of phenols is 1. The van der Waals surface area contributed by atoms with Crippen molar-refractivity contribution < 1.29 is 18.3 Å². The van der Waals surface area contributed by atoms with E-state index in [0.717, 1.165) is 0 Å². The maximum atomic E-state index is 12.4. The number of phenolic OH excluding ortho intramolecular Hbond substituents is 1. The van der Waals surface area contributed by atoms with E-state index in [1.54, 1.807) is 13.8 Å². The van der Waals surface area contributed by atoms with Gasteiger partial charge in [-0.05, 0) is 25.1 Å². The van der Waals surface area contributed by atoms with Crippen molar-refractivity contribution in [1.82, 2.24) is 4.31 Å². The third kappa shape index (κ3) is 3.93. The van der Waals surface area contributed by atoms with Crippen LogP contribution in [-0.2, 0) is 14.8 Å². The maximum Gasteiger partial charge on any atom is 0.243 e. The van der Waals surface area contributed by atoms with Gasteiger partial charge in [0.05, 0.1) is 16.6 Å². The standard InChI is InChI=1S/C13H21N3O4S/c1-4-16(5-2)21(19,20)10-6-7-12(17)11(8-10)15-13(18)9(3)14/h6-9,17H,4-5,14H2,1-3H3,(H,15,18). The highest BCUT2D eigenvalue weighted by atomic mass is 32.2. The fourth-order valence-corrected chi connectivity index (χ4v) is 3.22. The third-order valence-electron chi connectivity index (χ3n) is 2.98. The molecule has 0 heterocycles. The summed E-state index contributed by atoms with van der Waals surface area (Å²) in [5.74, 6) is -0.731. The molecule has 4 N–H and O–H groups in total. The lowest BCUT2D eigenvalue weighted by Gasteiger charge is -2.19. The zero-order chi connectivity index (χ0) is 16.2. The van der Waals surface area contributed by atoms with Crippen LogP contribution in [0.5, 0.6) is 5.75 Å². The van der Waals surface area contributed by atoms with E-state index in [9.17, 15) is 18.3 Å². The Morgan fingerprint density at radius 2 is 1.95 bits per heavy atom. The van der Waals surface area contributed by atoms with E-state index in [1.165, 1.54) is 29.4 Å². The van der Waals surface area contributed by atoms with E-state index < -0.39 is 22.0 Å². The smallest absolute Gasteiger partial charge is 0.243 e. The van der Waals surface area contributed by atoms with Gasteiger partial charge in [0.2, 0.25) is 15.9 Å². The number of aromatic hydroxyl groups is 1. The number of carbonyl (C=O) groups is 1. The average molecular weight is 315 g/mol. The second-order valence-corrected chi connectivity index (χ2v) is 6.48. The second-order valence-electron chi connectivity index (χ2n) is 4.55. The summed E-state index contributed by atoms with van der Waals surface area (Å²) in [5, 5.41) is 12.1. The zero-order valence-corrected chi connectivity index (χ0v) is 13.1. The van der Waals surface area contributed by atoms with Gasteiger partial charge in [0, 0.05) is 13.1 Å². The molecule has 0 aliphatic rings. The van der Waals surface area contributed by atoms with Crippen molar-refractivity contribution in [3.05, 3.63) is 18.2 Å². The van der Waals surface area contributed by atoms with Gasteiger partial charge in [-0.3, -0.25) is 4.79 Å². The summed E-state index contributed by atoms with van der Waals surface area (Å²) < 4.78 is 26.1. The number of hydrogen-bond acceptors (Lipinski definition) is 5. The molecular formula is C13H21N3O4S. The predicted molar refractivity (Wildman–Crippen MR) is 80.5 cm³/mol.